The van der Waals surface area contributed by atoms with Gasteiger partial charge in [0.2, 0.25) is 0 Å². The van der Waals surface area contributed by atoms with Gasteiger partial charge in [-0.1, -0.05) is 37.6 Å². The van der Waals surface area contributed by atoms with Crippen molar-refractivity contribution in [3.8, 4) is 0 Å². The Hall–Kier alpha value is -1.06. The third-order valence-corrected chi connectivity index (χ3v) is 3.74. The predicted octanol–water partition coefficient (Wildman–Crippen LogP) is 2.99. The number of nitrogens with zero attached hydrogens (tertiary/aromatic N) is 1. The highest BCUT2D eigenvalue weighted by atomic mass is 35.5. The Balaban J connectivity index is 2.97. The van der Waals surface area contributed by atoms with Gasteiger partial charge in [0.05, 0.1) is 0 Å². The molecule has 0 spiro atoms. The summed E-state index contributed by atoms with van der Waals surface area (Å²) in [5, 5.41) is 10.0. The van der Waals surface area contributed by atoms with Gasteiger partial charge in [-0.3, -0.25) is 9.69 Å². The number of carboxylic acids is 1. The minimum absolute atomic E-state index is 0.489. The summed E-state index contributed by atoms with van der Waals surface area (Å²) in [6.07, 6.45) is 0.489. The normalized spacial score (nSPS) is 12.7. The Morgan fingerprint density at radius 2 is 2.00 bits per heavy atom. The lowest BCUT2D eigenvalue weighted by Gasteiger charge is -2.26. The molecule has 0 bridgehead atoms. The Bertz CT molecular complexity index is 416. The van der Waals surface area contributed by atoms with Gasteiger partial charge in [0, 0.05) is 5.02 Å². The fourth-order valence-corrected chi connectivity index (χ4v) is 2.31. The minimum Gasteiger partial charge on any atom is -0.480 e. The van der Waals surface area contributed by atoms with Crippen molar-refractivity contribution in [1.29, 1.82) is 0 Å². The smallest absolute Gasteiger partial charge is 0.321 e. The summed E-state index contributed by atoms with van der Waals surface area (Å²) in [6, 6.07) is 5.15. The standard InChI is InChI=1S/C14H20ClNO2/c1-4-16(5-2)13(14(17)18)9-11-7-6-8-12(15)10(11)3/h6-8,13H,4-5,9H2,1-3H3,(H,17,18)/t13-/m1/s1. The molecule has 0 saturated heterocycles. The van der Waals surface area contributed by atoms with Crippen LogP contribution in [0.25, 0.3) is 0 Å². The second kappa shape index (κ2) is 6.76. The van der Waals surface area contributed by atoms with E-state index in [-0.39, 0.29) is 0 Å². The van der Waals surface area contributed by atoms with Crippen LogP contribution in [-0.2, 0) is 11.2 Å². The lowest BCUT2D eigenvalue weighted by atomic mass is 10.00. The first kappa shape index (κ1) is 15.0. The van der Waals surface area contributed by atoms with Crippen LogP contribution in [-0.4, -0.2) is 35.1 Å². The number of hydrogen-bond acceptors (Lipinski definition) is 2. The first-order valence-corrected chi connectivity index (χ1v) is 6.59. The van der Waals surface area contributed by atoms with Gasteiger partial charge in [0.1, 0.15) is 6.04 Å². The van der Waals surface area contributed by atoms with Crippen LogP contribution in [0.5, 0.6) is 0 Å². The molecule has 3 nitrogen and oxygen atoms in total. The van der Waals surface area contributed by atoms with Gasteiger partial charge in [-0.25, -0.2) is 0 Å². The minimum atomic E-state index is -0.780. The molecule has 0 unspecified atom stereocenters. The summed E-state index contributed by atoms with van der Waals surface area (Å²) in [6.45, 7) is 7.34. The van der Waals surface area contributed by atoms with Crippen molar-refractivity contribution in [2.45, 2.75) is 33.2 Å². The third kappa shape index (κ3) is 3.47. The van der Waals surface area contributed by atoms with E-state index in [1.165, 1.54) is 0 Å². The number of hydrogen-bond donors (Lipinski definition) is 1. The van der Waals surface area contributed by atoms with Gasteiger partial charge in [-0.15, -0.1) is 0 Å². The molecule has 0 amide bonds. The topological polar surface area (TPSA) is 40.5 Å². The van der Waals surface area contributed by atoms with Gasteiger partial charge in [-0.2, -0.15) is 0 Å². The number of benzene rings is 1. The van der Waals surface area contributed by atoms with Crippen LogP contribution in [0.15, 0.2) is 18.2 Å². The van der Waals surface area contributed by atoms with E-state index >= 15 is 0 Å². The zero-order valence-electron chi connectivity index (χ0n) is 11.1. The summed E-state index contributed by atoms with van der Waals surface area (Å²) >= 11 is 6.06. The molecule has 0 aromatic heterocycles. The molecule has 1 atom stereocenters. The molecule has 0 saturated carbocycles. The maximum atomic E-state index is 11.4. The zero-order valence-corrected chi connectivity index (χ0v) is 11.9. The highest BCUT2D eigenvalue weighted by Gasteiger charge is 2.24. The molecule has 0 aliphatic carbocycles. The lowest BCUT2D eigenvalue weighted by molar-refractivity contribution is -0.143. The number of halogens is 1. The highest BCUT2D eigenvalue weighted by molar-refractivity contribution is 6.31. The average Bonchev–Trinajstić information content (AvgIpc) is 2.34. The quantitative estimate of drug-likeness (QED) is 0.863. The SMILES string of the molecule is CCN(CC)[C@H](Cc1cccc(Cl)c1C)C(=O)O. The number of rotatable bonds is 6. The van der Waals surface area contributed by atoms with Crippen molar-refractivity contribution in [1.82, 2.24) is 4.90 Å². The van der Waals surface area contributed by atoms with Gasteiger partial charge in [0.25, 0.3) is 0 Å². The molecular formula is C14H20ClNO2. The molecule has 1 aromatic rings. The maximum Gasteiger partial charge on any atom is 0.321 e. The largest absolute Gasteiger partial charge is 0.480 e. The van der Waals surface area contributed by atoms with Crippen LogP contribution in [0.4, 0.5) is 0 Å². The van der Waals surface area contributed by atoms with Crippen molar-refractivity contribution in [3.05, 3.63) is 34.3 Å². The van der Waals surface area contributed by atoms with Crippen molar-refractivity contribution in [2.75, 3.05) is 13.1 Å². The van der Waals surface area contributed by atoms with Crippen LogP contribution in [0.3, 0.4) is 0 Å². The Morgan fingerprint density at radius 1 is 1.39 bits per heavy atom. The fourth-order valence-electron chi connectivity index (χ4n) is 2.12. The molecule has 1 aromatic carbocycles. The van der Waals surface area contributed by atoms with Gasteiger partial charge < -0.3 is 5.11 Å². The third-order valence-electron chi connectivity index (χ3n) is 3.33. The molecule has 100 valence electrons. The van der Waals surface area contributed by atoms with E-state index in [2.05, 4.69) is 0 Å². The van der Waals surface area contributed by atoms with Gasteiger partial charge in [-0.05, 0) is 43.6 Å². The Kier molecular flexibility index (Phi) is 5.63. The van der Waals surface area contributed by atoms with E-state index in [0.717, 1.165) is 24.2 Å². The van der Waals surface area contributed by atoms with Crippen molar-refractivity contribution in [3.63, 3.8) is 0 Å². The Morgan fingerprint density at radius 3 is 2.50 bits per heavy atom. The fraction of sp³-hybridized carbons (Fsp3) is 0.500. The van der Waals surface area contributed by atoms with E-state index in [0.29, 0.717) is 11.4 Å². The molecule has 1 rings (SSSR count). The van der Waals surface area contributed by atoms with E-state index in [1.807, 2.05) is 43.9 Å². The number of carboxylic acid groups (broad SMARTS) is 1. The molecule has 1 N–H and O–H groups in total. The van der Waals surface area contributed by atoms with E-state index in [9.17, 15) is 9.90 Å². The van der Waals surface area contributed by atoms with Gasteiger partial charge >= 0.3 is 5.97 Å². The molecule has 0 aliphatic heterocycles. The molecule has 0 fully saturated rings. The van der Waals surface area contributed by atoms with Crippen molar-refractivity contribution < 1.29 is 9.90 Å². The van der Waals surface area contributed by atoms with Crippen LogP contribution in [0.1, 0.15) is 25.0 Å². The van der Waals surface area contributed by atoms with Crippen molar-refractivity contribution >= 4 is 17.6 Å². The van der Waals surface area contributed by atoms with E-state index < -0.39 is 12.0 Å². The second-order valence-electron chi connectivity index (χ2n) is 4.30. The lowest BCUT2D eigenvalue weighted by Crippen LogP contribution is -2.42. The number of aliphatic carboxylic acids is 1. The molecule has 0 aliphatic rings. The maximum absolute atomic E-state index is 11.4. The first-order chi connectivity index (χ1) is 8.51. The molecule has 0 heterocycles. The molecule has 18 heavy (non-hydrogen) atoms. The number of likely N-dealkylation sites (N-methyl/N-ethyl adjacent to an activating group) is 1. The molecule has 0 radical (unpaired) electrons. The first-order valence-electron chi connectivity index (χ1n) is 6.22. The second-order valence-corrected chi connectivity index (χ2v) is 4.71. The van der Waals surface area contributed by atoms with Crippen LogP contribution >= 0.6 is 11.6 Å². The van der Waals surface area contributed by atoms with Gasteiger partial charge in [0.15, 0.2) is 0 Å². The van der Waals surface area contributed by atoms with Crippen LogP contribution < -0.4 is 0 Å². The van der Waals surface area contributed by atoms with Crippen LogP contribution in [0.2, 0.25) is 5.02 Å². The Labute approximate surface area is 113 Å². The molecule has 4 heteroatoms. The highest BCUT2D eigenvalue weighted by Crippen LogP contribution is 2.21. The summed E-state index contributed by atoms with van der Waals surface area (Å²) in [4.78, 5) is 13.3. The predicted molar refractivity (Wildman–Crippen MR) is 74.2 cm³/mol. The summed E-state index contributed by atoms with van der Waals surface area (Å²) in [7, 11) is 0. The van der Waals surface area contributed by atoms with E-state index in [1.54, 1.807) is 0 Å². The molecular weight excluding hydrogens is 250 g/mol. The summed E-state index contributed by atoms with van der Waals surface area (Å²) in [5.74, 6) is -0.780. The monoisotopic (exact) mass is 269 g/mol. The summed E-state index contributed by atoms with van der Waals surface area (Å²) < 4.78 is 0. The van der Waals surface area contributed by atoms with Crippen LogP contribution in [0, 0.1) is 6.92 Å². The summed E-state index contributed by atoms with van der Waals surface area (Å²) in [5.41, 5.74) is 1.97. The average molecular weight is 270 g/mol. The number of carbonyl (C=O) groups is 1. The zero-order chi connectivity index (χ0) is 13.7. The van der Waals surface area contributed by atoms with E-state index in [4.69, 9.17) is 11.6 Å². The van der Waals surface area contributed by atoms with Crippen molar-refractivity contribution in [2.24, 2.45) is 0 Å².